The van der Waals surface area contributed by atoms with E-state index in [0.717, 1.165) is 5.56 Å². The summed E-state index contributed by atoms with van der Waals surface area (Å²) in [6.07, 6.45) is 0. The van der Waals surface area contributed by atoms with Crippen LogP contribution in [0.2, 0.25) is 5.02 Å². The number of hydrogen-bond donors (Lipinski definition) is 1. The lowest BCUT2D eigenvalue weighted by molar-refractivity contribution is 0.307. The number of hydrogen-bond acceptors (Lipinski definition) is 3. The molecule has 2 aromatic carbocycles. The highest BCUT2D eigenvalue weighted by Crippen LogP contribution is 2.23. The summed E-state index contributed by atoms with van der Waals surface area (Å²) in [4.78, 5) is 0. The standard InChI is InChI=1S/C14H11ClN2O/c15-13-2-1-3-14(17)12(13)9-18-11-6-4-10(8-16)5-7-11/h1-7H,9,17H2. The maximum atomic E-state index is 8.68. The molecule has 0 heterocycles. The first kappa shape index (κ1) is 12.3. The molecule has 0 spiro atoms. The van der Waals surface area contributed by atoms with Gasteiger partial charge in [0, 0.05) is 16.3 Å². The van der Waals surface area contributed by atoms with E-state index in [9.17, 15) is 0 Å². The zero-order valence-corrected chi connectivity index (χ0v) is 10.3. The third-order valence-electron chi connectivity index (χ3n) is 2.52. The zero-order valence-electron chi connectivity index (χ0n) is 9.56. The van der Waals surface area contributed by atoms with E-state index in [-0.39, 0.29) is 0 Å². The Balaban J connectivity index is 2.09. The second-order valence-electron chi connectivity index (χ2n) is 3.73. The fraction of sp³-hybridized carbons (Fsp3) is 0.0714. The molecule has 4 heteroatoms. The number of benzene rings is 2. The molecular formula is C14H11ClN2O. The molecule has 2 rings (SSSR count). The van der Waals surface area contributed by atoms with Gasteiger partial charge in [-0.3, -0.25) is 0 Å². The molecule has 2 N–H and O–H groups in total. The van der Waals surface area contributed by atoms with Crippen molar-refractivity contribution in [3.8, 4) is 11.8 Å². The van der Waals surface area contributed by atoms with E-state index in [4.69, 9.17) is 27.3 Å². The van der Waals surface area contributed by atoms with E-state index in [2.05, 4.69) is 0 Å². The van der Waals surface area contributed by atoms with Gasteiger partial charge < -0.3 is 10.5 Å². The first-order chi connectivity index (χ1) is 8.70. The van der Waals surface area contributed by atoms with Gasteiger partial charge in [0.1, 0.15) is 12.4 Å². The number of nitrogen functional groups attached to an aromatic ring is 1. The van der Waals surface area contributed by atoms with E-state index in [1.165, 1.54) is 0 Å². The molecule has 3 nitrogen and oxygen atoms in total. The molecule has 0 atom stereocenters. The molecule has 0 aliphatic carbocycles. The van der Waals surface area contributed by atoms with Gasteiger partial charge in [0.2, 0.25) is 0 Å². The maximum Gasteiger partial charge on any atom is 0.119 e. The van der Waals surface area contributed by atoms with Crippen LogP contribution in [0, 0.1) is 11.3 Å². The molecule has 0 aliphatic heterocycles. The third-order valence-corrected chi connectivity index (χ3v) is 2.88. The van der Waals surface area contributed by atoms with Crippen LogP contribution in [-0.2, 0) is 6.61 Å². The van der Waals surface area contributed by atoms with Gasteiger partial charge in [-0.1, -0.05) is 17.7 Å². The number of nitrogens with two attached hydrogens (primary N) is 1. The Labute approximate surface area is 110 Å². The van der Waals surface area contributed by atoms with Crippen LogP contribution >= 0.6 is 11.6 Å². The first-order valence-corrected chi connectivity index (χ1v) is 5.74. The number of ether oxygens (including phenoxy) is 1. The topological polar surface area (TPSA) is 59.0 Å². The lowest BCUT2D eigenvalue weighted by Crippen LogP contribution is -2.01. The van der Waals surface area contributed by atoms with E-state index in [0.29, 0.717) is 28.6 Å². The van der Waals surface area contributed by atoms with Crippen LogP contribution in [-0.4, -0.2) is 0 Å². The average molecular weight is 259 g/mol. The molecule has 18 heavy (non-hydrogen) atoms. The largest absolute Gasteiger partial charge is 0.489 e. The van der Waals surface area contributed by atoms with Crippen LogP contribution in [0.5, 0.6) is 5.75 Å². The number of rotatable bonds is 3. The smallest absolute Gasteiger partial charge is 0.119 e. The summed E-state index contributed by atoms with van der Waals surface area (Å²) in [5, 5.41) is 9.27. The molecule has 0 amide bonds. The molecule has 0 radical (unpaired) electrons. The molecule has 2 aromatic rings. The van der Waals surface area contributed by atoms with E-state index in [1.807, 2.05) is 6.07 Å². The quantitative estimate of drug-likeness (QED) is 0.859. The molecule has 0 unspecified atom stereocenters. The fourth-order valence-corrected chi connectivity index (χ4v) is 1.75. The van der Waals surface area contributed by atoms with Gasteiger partial charge in [0.05, 0.1) is 11.6 Å². The fourth-order valence-electron chi connectivity index (χ4n) is 1.51. The molecule has 0 aromatic heterocycles. The summed E-state index contributed by atoms with van der Waals surface area (Å²) in [6, 6.07) is 14.3. The van der Waals surface area contributed by atoms with Gasteiger partial charge >= 0.3 is 0 Å². The van der Waals surface area contributed by atoms with Crippen LogP contribution in [0.4, 0.5) is 5.69 Å². The molecule has 0 saturated heterocycles. The van der Waals surface area contributed by atoms with Crippen molar-refractivity contribution in [3.05, 3.63) is 58.6 Å². The summed E-state index contributed by atoms with van der Waals surface area (Å²) < 4.78 is 5.58. The minimum Gasteiger partial charge on any atom is -0.489 e. The Bertz CT molecular complexity index is 567. The normalized spacial score (nSPS) is 9.78. The van der Waals surface area contributed by atoms with Gasteiger partial charge in [-0.15, -0.1) is 0 Å². The minimum absolute atomic E-state index is 0.303. The van der Waals surface area contributed by atoms with Gasteiger partial charge in [0.25, 0.3) is 0 Å². The number of nitrogens with zero attached hydrogens (tertiary/aromatic N) is 1. The van der Waals surface area contributed by atoms with Crippen molar-refractivity contribution in [3.63, 3.8) is 0 Å². The third kappa shape index (κ3) is 2.73. The van der Waals surface area contributed by atoms with Crippen molar-refractivity contribution in [2.45, 2.75) is 6.61 Å². The number of nitriles is 1. The molecule has 0 saturated carbocycles. The van der Waals surface area contributed by atoms with Crippen LogP contribution in [0.1, 0.15) is 11.1 Å². The first-order valence-electron chi connectivity index (χ1n) is 5.36. The van der Waals surface area contributed by atoms with Crippen molar-refractivity contribution >= 4 is 17.3 Å². The average Bonchev–Trinajstić information content (AvgIpc) is 2.39. The Hall–Kier alpha value is -2.18. The maximum absolute atomic E-state index is 8.68. The summed E-state index contributed by atoms with van der Waals surface area (Å²) in [5.41, 5.74) is 7.80. The van der Waals surface area contributed by atoms with Gasteiger partial charge in [-0.05, 0) is 36.4 Å². The van der Waals surface area contributed by atoms with Crippen LogP contribution in [0.15, 0.2) is 42.5 Å². The highest BCUT2D eigenvalue weighted by molar-refractivity contribution is 6.31. The molecular weight excluding hydrogens is 248 g/mol. The van der Waals surface area contributed by atoms with Crippen molar-refractivity contribution < 1.29 is 4.74 Å². The summed E-state index contributed by atoms with van der Waals surface area (Å²) in [6.45, 7) is 0.303. The Kier molecular flexibility index (Phi) is 3.71. The van der Waals surface area contributed by atoms with E-state index >= 15 is 0 Å². The second-order valence-corrected chi connectivity index (χ2v) is 4.14. The Morgan fingerprint density at radius 2 is 1.89 bits per heavy atom. The number of halogens is 1. The highest BCUT2D eigenvalue weighted by atomic mass is 35.5. The SMILES string of the molecule is N#Cc1ccc(OCc2c(N)cccc2Cl)cc1. The number of anilines is 1. The predicted molar refractivity (Wildman–Crippen MR) is 71.4 cm³/mol. The van der Waals surface area contributed by atoms with Crippen LogP contribution in [0.25, 0.3) is 0 Å². The Morgan fingerprint density at radius 1 is 1.17 bits per heavy atom. The molecule has 0 bridgehead atoms. The monoisotopic (exact) mass is 258 g/mol. The van der Waals surface area contributed by atoms with Gasteiger partial charge in [0.15, 0.2) is 0 Å². The molecule has 0 aliphatic rings. The predicted octanol–water partition coefficient (Wildman–Crippen LogP) is 3.37. The van der Waals surface area contributed by atoms with Crippen LogP contribution < -0.4 is 10.5 Å². The highest BCUT2D eigenvalue weighted by Gasteiger charge is 2.05. The lowest BCUT2D eigenvalue weighted by atomic mass is 10.2. The summed E-state index contributed by atoms with van der Waals surface area (Å²) >= 11 is 6.04. The zero-order chi connectivity index (χ0) is 13.0. The van der Waals surface area contributed by atoms with Crippen LogP contribution in [0.3, 0.4) is 0 Å². The van der Waals surface area contributed by atoms with Gasteiger partial charge in [-0.2, -0.15) is 5.26 Å². The minimum atomic E-state index is 0.303. The van der Waals surface area contributed by atoms with Crippen molar-refractivity contribution in [1.29, 1.82) is 5.26 Å². The van der Waals surface area contributed by atoms with E-state index in [1.54, 1.807) is 42.5 Å². The summed E-state index contributed by atoms with van der Waals surface area (Å²) in [7, 11) is 0. The summed E-state index contributed by atoms with van der Waals surface area (Å²) in [5.74, 6) is 0.674. The van der Waals surface area contributed by atoms with Gasteiger partial charge in [-0.25, -0.2) is 0 Å². The van der Waals surface area contributed by atoms with E-state index < -0.39 is 0 Å². The lowest BCUT2D eigenvalue weighted by Gasteiger charge is -2.10. The Morgan fingerprint density at radius 3 is 2.50 bits per heavy atom. The van der Waals surface area contributed by atoms with Crippen molar-refractivity contribution in [1.82, 2.24) is 0 Å². The molecule has 0 fully saturated rings. The second kappa shape index (κ2) is 5.44. The van der Waals surface area contributed by atoms with Crippen molar-refractivity contribution in [2.75, 3.05) is 5.73 Å². The molecule has 90 valence electrons. The van der Waals surface area contributed by atoms with Crippen molar-refractivity contribution in [2.24, 2.45) is 0 Å².